The fourth-order valence-corrected chi connectivity index (χ4v) is 1.39. The number of unbranched alkanes of at least 4 members (excludes halogenated alkanes) is 2. The van der Waals surface area contributed by atoms with E-state index in [4.69, 9.17) is 0 Å². The van der Waals surface area contributed by atoms with Crippen molar-refractivity contribution in [2.45, 2.75) is 52.4 Å². The van der Waals surface area contributed by atoms with Crippen LogP contribution in [0.1, 0.15) is 52.4 Å². The second-order valence-electron chi connectivity index (χ2n) is 3.60. The fourth-order valence-electron chi connectivity index (χ4n) is 1.39. The highest BCUT2D eigenvalue weighted by Gasteiger charge is 1.99. The van der Waals surface area contributed by atoms with Crippen LogP contribution in [0.4, 0.5) is 0 Å². The zero-order valence-electron chi connectivity index (χ0n) is 8.68. The van der Waals surface area contributed by atoms with Crippen molar-refractivity contribution in [3.8, 4) is 0 Å². The van der Waals surface area contributed by atoms with Gasteiger partial charge in [0.15, 0.2) is 0 Å². The maximum Gasteiger partial charge on any atom is -0.0351 e. The van der Waals surface area contributed by atoms with E-state index in [1.165, 1.54) is 32.1 Å². The Kier molecular flexibility index (Phi) is 8.64. The SMILES string of the molecule is [CH2]CCCC(C)CCCC=CC. The highest BCUT2D eigenvalue weighted by Crippen LogP contribution is 2.14. The Balaban J connectivity index is 3.13. The number of rotatable bonds is 7. The van der Waals surface area contributed by atoms with Gasteiger partial charge in [-0.1, -0.05) is 51.7 Å². The van der Waals surface area contributed by atoms with E-state index in [2.05, 4.69) is 32.9 Å². The molecule has 0 aliphatic heterocycles. The zero-order chi connectivity index (χ0) is 9.23. The van der Waals surface area contributed by atoms with Crippen LogP contribution in [-0.2, 0) is 0 Å². The molecular weight excluding hydrogens is 144 g/mol. The average molecular weight is 167 g/mol. The van der Waals surface area contributed by atoms with Crippen molar-refractivity contribution in [3.05, 3.63) is 19.1 Å². The van der Waals surface area contributed by atoms with Gasteiger partial charge >= 0.3 is 0 Å². The van der Waals surface area contributed by atoms with E-state index in [1.54, 1.807) is 0 Å². The van der Waals surface area contributed by atoms with E-state index >= 15 is 0 Å². The van der Waals surface area contributed by atoms with Gasteiger partial charge in [-0.3, -0.25) is 0 Å². The third-order valence-electron chi connectivity index (χ3n) is 2.25. The molecule has 1 atom stereocenters. The predicted octanol–water partition coefficient (Wildman–Crippen LogP) is 4.37. The molecule has 0 aromatic carbocycles. The lowest BCUT2D eigenvalue weighted by molar-refractivity contribution is 0.463. The van der Waals surface area contributed by atoms with Gasteiger partial charge in [0, 0.05) is 0 Å². The molecule has 12 heavy (non-hydrogen) atoms. The molecule has 1 unspecified atom stereocenters. The largest absolute Gasteiger partial charge is 0.0917 e. The monoisotopic (exact) mass is 167 g/mol. The van der Waals surface area contributed by atoms with Gasteiger partial charge < -0.3 is 0 Å². The first-order chi connectivity index (χ1) is 5.81. The van der Waals surface area contributed by atoms with Crippen molar-refractivity contribution in [2.75, 3.05) is 0 Å². The highest BCUT2D eigenvalue weighted by molar-refractivity contribution is 4.76. The molecule has 0 bridgehead atoms. The third kappa shape index (κ3) is 7.84. The van der Waals surface area contributed by atoms with Crippen molar-refractivity contribution < 1.29 is 0 Å². The molecule has 0 nitrogen and oxygen atoms in total. The number of hydrogen-bond acceptors (Lipinski definition) is 0. The first-order valence-electron chi connectivity index (χ1n) is 5.21. The molecule has 0 aromatic heterocycles. The van der Waals surface area contributed by atoms with Crippen LogP contribution in [0.2, 0.25) is 0 Å². The summed E-state index contributed by atoms with van der Waals surface area (Å²) < 4.78 is 0. The lowest BCUT2D eigenvalue weighted by atomic mass is 9.98. The lowest BCUT2D eigenvalue weighted by Crippen LogP contribution is -1.93. The van der Waals surface area contributed by atoms with Crippen LogP contribution in [0.3, 0.4) is 0 Å². The van der Waals surface area contributed by atoms with E-state index in [0.29, 0.717) is 0 Å². The minimum atomic E-state index is 0.900. The molecule has 0 aliphatic rings. The Bertz CT molecular complexity index is 103. The smallest absolute Gasteiger partial charge is 0.0351 e. The van der Waals surface area contributed by atoms with Crippen molar-refractivity contribution in [1.29, 1.82) is 0 Å². The first kappa shape index (κ1) is 11.7. The van der Waals surface area contributed by atoms with Crippen molar-refractivity contribution in [1.82, 2.24) is 0 Å². The van der Waals surface area contributed by atoms with E-state index in [1.807, 2.05) is 0 Å². The minimum absolute atomic E-state index is 0.900. The summed E-state index contributed by atoms with van der Waals surface area (Å²) in [6.45, 7) is 8.30. The van der Waals surface area contributed by atoms with Crippen molar-refractivity contribution in [2.24, 2.45) is 5.92 Å². The Morgan fingerprint density at radius 2 is 1.92 bits per heavy atom. The summed E-state index contributed by atoms with van der Waals surface area (Å²) in [7, 11) is 0. The molecule has 1 radical (unpaired) electrons. The Morgan fingerprint density at radius 1 is 1.25 bits per heavy atom. The summed E-state index contributed by atoms with van der Waals surface area (Å²) in [6, 6.07) is 0. The van der Waals surface area contributed by atoms with Gasteiger partial charge in [-0.2, -0.15) is 0 Å². The summed E-state index contributed by atoms with van der Waals surface area (Å²) in [5.74, 6) is 0.900. The summed E-state index contributed by atoms with van der Waals surface area (Å²) in [5.41, 5.74) is 0. The molecule has 0 saturated heterocycles. The maximum absolute atomic E-state index is 3.86. The van der Waals surface area contributed by atoms with Crippen LogP contribution in [0, 0.1) is 12.8 Å². The molecule has 71 valence electrons. The fraction of sp³-hybridized carbons (Fsp3) is 0.750. The quantitative estimate of drug-likeness (QED) is 0.390. The molecule has 0 fully saturated rings. The van der Waals surface area contributed by atoms with Crippen molar-refractivity contribution in [3.63, 3.8) is 0 Å². The average Bonchev–Trinajstić information content (AvgIpc) is 2.09. The van der Waals surface area contributed by atoms with E-state index in [-0.39, 0.29) is 0 Å². The summed E-state index contributed by atoms with van der Waals surface area (Å²) in [4.78, 5) is 0. The minimum Gasteiger partial charge on any atom is -0.0917 e. The number of allylic oxidation sites excluding steroid dienone is 2. The Labute approximate surface area is 78.1 Å². The van der Waals surface area contributed by atoms with E-state index < -0.39 is 0 Å². The standard InChI is InChI=1S/C12H23/c1-4-6-8-9-11-12(3)10-7-5-2/h4,6,12H,2,5,7-11H2,1,3H3. The van der Waals surface area contributed by atoms with Crippen LogP contribution < -0.4 is 0 Å². The van der Waals surface area contributed by atoms with Crippen LogP contribution in [0.5, 0.6) is 0 Å². The van der Waals surface area contributed by atoms with E-state index in [0.717, 1.165) is 12.3 Å². The first-order valence-corrected chi connectivity index (χ1v) is 5.21. The Hall–Kier alpha value is -0.260. The van der Waals surface area contributed by atoms with Gasteiger partial charge in [0.25, 0.3) is 0 Å². The van der Waals surface area contributed by atoms with Gasteiger partial charge in [0.2, 0.25) is 0 Å². The topological polar surface area (TPSA) is 0 Å². The molecule has 0 heteroatoms. The lowest BCUT2D eigenvalue weighted by Gasteiger charge is -2.08. The predicted molar refractivity (Wildman–Crippen MR) is 57.0 cm³/mol. The molecule has 0 aliphatic carbocycles. The molecule has 0 aromatic rings. The van der Waals surface area contributed by atoms with Crippen LogP contribution in [0.15, 0.2) is 12.2 Å². The molecule has 0 heterocycles. The normalized spacial score (nSPS) is 13.9. The van der Waals surface area contributed by atoms with Gasteiger partial charge in [0.1, 0.15) is 0 Å². The van der Waals surface area contributed by atoms with Crippen LogP contribution >= 0.6 is 0 Å². The summed E-state index contributed by atoms with van der Waals surface area (Å²) in [5, 5.41) is 0. The maximum atomic E-state index is 3.86. The number of hydrogen-bond donors (Lipinski definition) is 0. The molecule has 0 saturated carbocycles. The van der Waals surface area contributed by atoms with Crippen LogP contribution in [-0.4, -0.2) is 0 Å². The second kappa shape index (κ2) is 8.83. The molecule has 0 amide bonds. The van der Waals surface area contributed by atoms with Gasteiger partial charge in [-0.25, -0.2) is 0 Å². The zero-order valence-corrected chi connectivity index (χ0v) is 8.68. The molecule has 0 rings (SSSR count). The highest BCUT2D eigenvalue weighted by atomic mass is 14.0. The molecule has 0 spiro atoms. The summed E-state index contributed by atoms with van der Waals surface area (Å²) >= 11 is 0. The van der Waals surface area contributed by atoms with E-state index in [9.17, 15) is 0 Å². The van der Waals surface area contributed by atoms with Crippen LogP contribution in [0.25, 0.3) is 0 Å². The second-order valence-corrected chi connectivity index (χ2v) is 3.60. The Morgan fingerprint density at radius 3 is 2.50 bits per heavy atom. The van der Waals surface area contributed by atoms with Gasteiger partial charge in [-0.05, 0) is 25.7 Å². The third-order valence-corrected chi connectivity index (χ3v) is 2.25. The molecule has 0 N–H and O–H groups in total. The summed E-state index contributed by atoms with van der Waals surface area (Å²) in [6.07, 6.45) is 12.1. The van der Waals surface area contributed by atoms with Gasteiger partial charge in [0.05, 0.1) is 0 Å². The van der Waals surface area contributed by atoms with Gasteiger partial charge in [-0.15, -0.1) is 0 Å². The molecular formula is C12H23. The van der Waals surface area contributed by atoms with Crippen molar-refractivity contribution >= 4 is 0 Å².